The van der Waals surface area contributed by atoms with Crippen LogP contribution in [0.5, 0.6) is 0 Å². The van der Waals surface area contributed by atoms with Gasteiger partial charge in [-0.05, 0) is 32.9 Å². The molecular formula is C13H20N2. The van der Waals surface area contributed by atoms with Crippen LogP contribution in [-0.4, -0.2) is 24.5 Å². The summed E-state index contributed by atoms with van der Waals surface area (Å²) in [5.41, 5.74) is 10.1. The maximum Gasteiger partial charge on any atom is 0.0361 e. The minimum absolute atomic E-state index is 0.334. The lowest BCUT2D eigenvalue weighted by molar-refractivity contribution is 0.316. The Kier molecular flexibility index (Phi) is 2.81. The van der Waals surface area contributed by atoms with Gasteiger partial charge in [0.1, 0.15) is 0 Å². The number of likely N-dealkylation sites (tertiary alicyclic amines) is 1. The summed E-state index contributed by atoms with van der Waals surface area (Å²) >= 11 is 0. The summed E-state index contributed by atoms with van der Waals surface area (Å²) in [7, 11) is 2.16. The van der Waals surface area contributed by atoms with Crippen molar-refractivity contribution in [1.29, 1.82) is 0 Å². The number of nitrogens with two attached hydrogens (primary N) is 1. The Morgan fingerprint density at radius 3 is 2.27 bits per heavy atom. The Morgan fingerprint density at radius 2 is 1.80 bits per heavy atom. The van der Waals surface area contributed by atoms with E-state index in [1.165, 1.54) is 16.7 Å². The Bertz CT molecular complexity index is 339. The van der Waals surface area contributed by atoms with Gasteiger partial charge in [-0.25, -0.2) is 0 Å². The molecule has 1 aromatic rings. The maximum absolute atomic E-state index is 5.99. The molecule has 0 spiro atoms. The SMILES string of the molecule is Cc1cc(C)cc(C2CC(N)CN2C)c1. The second kappa shape index (κ2) is 3.95. The number of hydrogen-bond donors (Lipinski definition) is 1. The lowest BCUT2D eigenvalue weighted by Gasteiger charge is -2.20. The van der Waals surface area contributed by atoms with E-state index in [1.54, 1.807) is 0 Å². The van der Waals surface area contributed by atoms with E-state index in [0.717, 1.165) is 13.0 Å². The summed E-state index contributed by atoms with van der Waals surface area (Å²) in [6.45, 7) is 5.33. The minimum atomic E-state index is 0.334. The van der Waals surface area contributed by atoms with Gasteiger partial charge >= 0.3 is 0 Å². The lowest BCUT2D eigenvalue weighted by atomic mass is 9.99. The molecule has 2 nitrogen and oxygen atoms in total. The molecule has 15 heavy (non-hydrogen) atoms. The first-order valence-corrected chi connectivity index (χ1v) is 5.60. The molecule has 82 valence electrons. The molecule has 1 fully saturated rings. The van der Waals surface area contributed by atoms with Crippen LogP contribution in [0.15, 0.2) is 18.2 Å². The maximum atomic E-state index is 5.99. The van der Waals surface area contributed by atoms with Crippen molar-refractivity contribution in [3.63, 3.8) is 0 Å². The molecule has 1 aliphatic rings. The number of rotatable bonds is 1. The van der Waals surface area contributed by atoms with Crippen molar-refractivity contribution >= 4 is 0 Å². The fourth-order valence-electron chi connectivity index (χ4n) is 2.63. The number of benzene rings is 1. The average molecular weight is 204 g/mol. The highest BCUT2D eigenvalue weighted by atomic mass is 15.2. The molecule has 0 aliphatic carbocycles. The monoisotopic (exact) mass is 204 g/mol. The van der Waals surface area contributed by atoms with Gasteiger partial charge < -0.3 is 5.73 Å². The third-order valence-electron chi connectivity index (χ3n) is 3.21. The van der Waals surface area contributed by atoms with E-state index in [-0.39, 0.29) is 0 Å². The van der Waals surface area contributed by atoms with Crippen LogP contribution in [0.25, 0.3) is 0 Å². The fourth-order valence-corrected chi connectivity index (χ4v) is 2.63. The van der Waals surface area contributed by atoms with Gasteiger partial charge in [-0.3, -0.25) is 4.90 Å². The van der Waals surface area contributed by atoms with Gasteiger partial charge in [-0.1, -0.05) is 29.3 Å². The molecule has 0 bridgehead atoms. The van der Waals surface area contributed by atoms with E-state index in [0.29, 0.717) is 12.1 Å². The third kappa shape index (κ3) is 2.21. The molecule has 1 aliphatic heterocycles. The Hall–Kier alpha value is -0.860. The molecular weight excluding hydrogens is 184 g/mol. The molecule has 0 radical (unpaired) electrons. The molecule has 1 aromatic carbocycles. The normalized spacial score (nSPS) is 27.2. The lowest BCUT2D eigenvalue weighted by Crippen LogP contribution is -2.24. The van der Waals surface area contributed by atoms with Crippen LogP contribution >= 0.6 is 0 Å². The third-order valence-corrected chi connectivity index (χ3v) is 3.21. The molecule has 1 heterocycles. The molecule has 0 saturated carbocycles. The highest BCUT2D eigenvalue weighted by Crippen LogP contribution is 2.30. The molecule has 2 heteroatoms. The Balaban J connectivity index is 2.29. The van der Waals surface area contributed by atoms with Crippen molar-refractivity contribution in [3.8, 4) is 0 Å². The number of likely N-dealkylation sites (N-methyl/N-ethyl adjacent to an activating group) is 1. The highest BCUT2D eigenvalue weighted by molar-refractivity contribution is 5.31. The van der Waals surface area contributed by atoms with Gasteiger partial charge in [0.15, 0.2) is 0 Å². The molecule has 0 amide bonds. The average Bonchev–Trinajstić information content (AvgIpc) is 2.43. The van der Waals surface area contributed by atoms with Crippen molar-refractivity contribution in [2.45, 2.75) is 32.4 Å². The molecule has 2 rings (SSSR count). The first-order valence-electron chi connectivity index (χ1n) is 5.60. The Labute approximate surface area is 92.1 Å². The van der Waals surface area contributed by atoms with Crippen LogP contribution < -0.4 is 5.73 Å². The summed E-state index contributed by atoms with van der Waals surface area (Å²) in [6, 6.07) is 7.64. The summed E-state index contributed by atoms with van der Waals surface area (Å²) in [6.07, 6.45) is 1.08. The molecule has 2 N–H and O–H groups in total. The first-order chi connectivity index (χ1) is 7.06. The van der Waals surface area contributed by atoms with Crippen LogP contribution in [0.3, 0.4) is 0 Å². The zero-order valence-electron chi connectivity index (χ0n) is 9.83. The van der Waals surface area contributed by atoms with Crippen LogP contribution in [-0.2, 0) is 0 Å². The van der Waals surface area contributed by atoms with Gasteiger partial charge in [0.25, 0.3) is 0 Å². The molecule has 2 atom stereocenters. The van der Waals surface area contributed by atoms with Crippen LogP contribution in [0.2, 0.25) is 0 Å². The number of aryl methyl sites for hydroxylation is 2. The van der Waals surface area contributed by atoms with Gasteiger partial charge in [-0.2, -0.15) is 0 Å². The van der Waals surface area contributed by atoms with Crippen molar-refractivity contribution < 1.29 is 0 Å². The number of nitrogens with zero attached hydrogens (tertiary/aromatic N) is 1. The molecule has 1 saturated heterocycles. The second-order valence-electron chi connectivity index (χ2n) is 4.87. The van der Waals surface area contributed by atoms with Crippen LogP contribution in [0, 0.1) is 13.8 Å². The van der Waals surface area contributed by atoms with E-state index in [2.05, 4.69) is 44.0 Å². The summed E-state index contributed by atoms with van der Waals surface area (Å²) in [5, 5.41) is 0. The zero-order valence-corrected chi connectivity index (χ0v) is 9.83. The summed E-state index contributed by atoms with van der Waals surface area (Å²) in [4.78, 5) is 2.36. The van der Waals surface area contributed by atoms with Crippen LogP contribution in [0.4, 0.5) is 0 Å². The van der Waals surface area contributed by atoms with Crippen molar-refractivity contribution in [3.05, 3.63) is 34.9 Å². The van der Waals surface area contributed by atoms with Gasteiger partial charge in [0.05, 0.1) is 0 Å². The van der Waals surface area contributed by atoms with E-state index in [1.807, 2.05) is 0 Å². The van der Waals surface area contributed by atoms with Gasteiger partial charge in [0.2, 0.25) is 0 Å². The molecule has 2 unspecified atom stereocenters. The number of hydrogen-bond acceptors (Lipinski definition) is 2. The smallest absolute Gasteiger partial charge is 0.0361 e. The largest absolute Gasteiger partial charge is 0.326 e. The zero-order chi connectivity index (χ0) is 11.0. The first kappa shape index (κ1) is 10.7. The summed E-state index contributed by atoms with van der Waals surface area (Å²) in [5.74, 6) is 0. The summed E-state index contributed by atoms with van der Waals surface area (Å²) < 4.78 is 0. The quantitative estimate of drug-likeness (QED) is 0.758. The molecule has 0 aromatic heterocycles. The van der Waals surface area contributed by atoms with E-state index in [4.69, 9.17) is 5.73 Å². The van der Waals surface area contributed by atoms with Gasteiger partial charge in [0, 0.05) is 18.6 Å². The minimum Gasteiger partial charge on any atom is -0.326 e. The van der Waals surface area contributed by atoms with E-state index in [9.17, 15) is 0 Å². The highest BCUT2D eigenvalue weighted by Gasteiger charge is 2.28. The van der Waals surface area contributed by atoms with Crippen molar-refractivity contribution in [2.24, 2.45) is 5.73 Å². The standard InChI is InChI=1S/C13H20N2/c1-9-4-10(2)6-11(5-9)13-7-12(14)8-15(13)3/h4-6,12-13H,7-8,14H2,1-3H3. The fraction of sp³-hybridized carbons (Fsp3) is 0.538. The van der Waals surface area contributed by atoms with Crippen LogP contribution in [0.1, 0.15) is 29.2 Å². The topological polar surface area (TPSA) is 29.3 Å². The van der Waals surface area contributed by atoms with E-state index >= 15 is 0 Å². The van der Waals surface area contributed by atoms with E-state index < -0.39 is 0 Å². The predicted molar refractivity (Wildman–Crippen MR) is 63.9 cm³/mol. The van der Waals surface area contributed by atoms with Crippen molar-refractivity contribution in [1.82, 2.24) is 4.90 Å². The Morgan fingerprint density at radius 1 is 1.20 bits per heavy atom. The van der Waals surface area contributed by atoms with Crippen molar-refractivity contribution in [2.75, 3.05) is 13.6 Å². The van der Waals surface area contributed by atoms with Gasteiger partial charge in [-0.15, -0.1) is 0 Å². The predicted octanol–water partition coefficient (Wildman–Crippen LogP) is 2.01. The second-order valence-corrected chi connectivity index (χ2v) is 4.87.